The van der Waals surface area contributed by atoms with Crippen LogP contribution in [-0.4, -0.2) is 23.5 Å². The zero-order valence-electron chi connectivity index (χ0n) is 20.6. The number of hydrogen-bond donors (Lipinski definition) is 3. The lowest BCUT2D eigenvalue weighted by Gasteiger charge is -2.12. The van der Waals surface area contributed by atoms with Crippen LogP contribution in [0.3, 0.4) is 0 Å². The predicted octanol–water partition coefficient (Wildman–Crippen LogP) is 6.34. The average Bonchev–Trinajstić information content (AvgIpc) is 2.87. The van der Waals surface area contributed by atoms with E-state index in [2.05, 4.69) is 22.9 Å². The van der Waals surface area contributed by atoms with E-state index in [-0.39, 0.29) is 23.3 Å². The van der Waals surface area contributed by atoms with Crippen LogP contribution in [-0.2, 0) is 11.2 Å². The molecule has 0 radical (unpaired) electrons. The number of rotatable bonds is 12. The average molecular weight is 504 g/mol. The van der Waals surface area contributed by atoms with E-state index in [9.17, 15) is 9.59 Å². The molecule has 3 N–H and O–H groups in total. The van der Waals surface area contributed by atoms with Gasteiger partial charge in [-0.25, -0.2) is 0 Å². The Hall–Kier alpha value is -3.71. The Labute approximate surface area is 218 Å². The first-order chi connectivity index (χ1) is 17.5. The molecule has 0 fully saturated rings. The minimum atomic E-state index is -0.314. The lowest BCUT2D eigenvalue weighted by Crippen LogP contribution is -2.34. The molecule has 0 bridgehead atoms. The second-order valence-corrected chi connectivity index (χ2v) is 8.89. The molecule has 0 saturated heterocycles. The van der Waals surface area contributed by atoms with Crippen LogP contribution < -0.4 is 20.7 Å². The molecule has 0 aliphatic heterocycles. The molecular weight excluding hydrogens is 470 g/mol. The molecule has 2 amide bonds. The van der Waals surface area contributed by atoms with Crippen LogP contribution in [0.25, 0.3) is 0 Å². The first-order valence-corrected chi connectivity index (χ1v) is 12.7. The van der Waals surface area contributed by atoms with Gasteiger partial charge in [-0.2, -0.15) is 0 Å². The second kappa shape index (κ2) is 14.6. The smallest absolute Gasteiger partial charge is 0.257 e. The summed E-state index contributed by atoms with van der Waals surface area (Å²) in [5, 5.41) is 8.72. The third kappa shape index (κ3) is 9.50. The maximum absolute atomic E-state index is 12.6. The van der Waals surface area contributed by atoms with Crippen LogP contribution in [0.15, 0.2) is 78.9 Å². The number of hydrogen-bond acceptors (Lipinski definition) is 4. The fourth-order valence-corrected chi connectivity index (χ4v) is 3.81. The Bertz CT molecular complexity index is 1130. The molecule has 0 atom stereocenters. The summed E-state index contributed by atoms with van der Waals surface area (Å²) in [6.45, 7) is 2.87. The molecular formula is C29H33N3O3S. The number of carbonyl (C=O) groups is 2. The Morgan fingerprint density at radius 1 is 0.806 bits per heavy atom. The molecule has 3 aromatic carbocycles. The van der Waals surface area contributed by atoms with Gasteiger partial charge in [-0.1, -0.05) is 69.0 Å². The summed E-state index contributed by atoms with van der Waals surface area (Å²) in [4.78, 5) is 24.9. The summed E-state index contributed by atoms with van der Waals surface area (Å²) < 4.78 is 5.75. The topological polar surface area (TPSA) is 79.5 Å². The van der Waals surface area contributed by atoms with Gasteiger partial charge in [-0.15, -0.1) is 0 Å². The molecule has 0 saturated carbocycles. The van der Waals surface area contributed by atoms with Gasteiger partial charge in [0.05, 0.1) is 13.0 Å². The monoisotopic (exact) mass is 503 g/mol. The van der Waals surface area contributed by atoms with E-state index >= 15 is 0 Å². The Morgan fingerprint density at radius 3 is 2.22 bits per heavy atom. The predicted molar refractivity (Wildman–Crippen MR) is 150 cm³/mol. The van der Waals surface area contributed by atoms with Gasteiger partial charge in [-0.3, -0.25) is 14.9 Å². The molecule has 3 aromatic rings. The van der Waals surface area contributed by atoms with Crippen LogP contribution in [0.4, 0.5) is 11.4 Å². The molecule has 188 valence electrons. The highest BCUT2D eigenvalue weighted by Crippen LogP contribution is 2.16. The van der Waals surface area contributed by atoms with Gasteiger partial charge in [0.25, 0.3) is 5.91 Å². The van der Waals surface area contributed by atoms with Crippen molar-refractivity contribution >= 4 is 40.5 Å². The molecule has 0 aliphatic rings. The quantitative estimate of drug-likeness (QED) is 0.198. The van der Waals surface area contributed by atoms with E-state index in [1.54, 1.807) is 48.5 Å². The maximum atomic E-state index is 12.6. The summed E-state index contributed by atoms with van der Waals surface area (Å²) in [6.07, 6.45) is 6.21. The summed E-state index contributed by atoms with van der Waals surface area (Å²) in [7, 11) is 0. The van der Waals surface area contributed by atoms with Crippen LogP contribution in [0.2, 0.25) is 0 Å². The number of thiocarbonyl (C=S) groups is 1. The molecule has 36 heavy (non-hydrogen) atoms. The van der Waals surface area contributed by atoms with Crippen molar-refractivity contribution in [1.29, 1.82) is 0 Å². The maximum Gasteiger partial charge on any atom is 0.257 e. The number of unbranched alkanes of at least 4 members (excludes halogenated alkanes) is 4. The minimum Gasteiger partial charge on any atom is -0.494 e. The number of benzene rings is 3. The van der Waals surface area contributed by atoms with Crippen molar-refractivity contribution in [2.45, 2.75) is 45.4 Å². The third-order valence-corrected chi connectivity index (χ3v) is 5.68. The van der Waals surface area contributed by atoms with Gasteiger partial charge in [0.1, 0.15) is 5.75 Å². The van der Waals surface area contributed by atoms with Crippen LogP contribution >= 0.6 is 12.2 Å². The van der Waals surface area contributed by atoms with Crippen molar-refractivity contribution < 1.29 is 14.3 Å². The minimum absolute atomic E-state index is 0.113. The van der Waals surface area contributed by atoms with Gasteiger partial charge in [0.2, 0.25) is 5.91 Å². The lowest BCUT2D eigenvalue weighted by atomic mass is 10.1. The van der Waals surface area contributed by atoms with Crippen molar-refractivity contribution in [3.63, 3.8) is 0 Å². The summed E-state index contributed by atoms with van der Waals surface area (Å²) >= 11 is 5.30. The molecule has 0 heterocycles. The van der Waals surface area contributed by atoms with Gasteiger partial charge < -0.3 is 15.4 Å². The highest BCUT2D eigenvalue weighted by molar-refractivity contribution is 7.80. The van der Waals surface area contributed by atoms with E-state index in [0.717, 1.165) is 17.7 Å². The fourth-order valence-electron chi connectivity index (χ4n) is 3.60. The van der Waals surface area contributed by atoms with Crippen molar-refractivity contribution in [3.05, 3.63) is 90.0 Å². The highest BCUT2D eigenvalue weighted by atomic mass is 32.1. The molecule has 0 aliphatic carbocycles. The van der Waals surface area contributed by atoms with Crippen molar-refractivity contribution in [2.75, 3.05) is 17.2 Å². The summed E-state index contributed by atoms with van der Waals surface area (Å²) in [5.41, 5.74) is 2.71. The molecule has 0 aromatic heterocycles. The van der Waals surface area contributed by atoms with Crippen LogP contribution in [0.1, 0.15) is 54.9 Å². The van der Waals surface area contributed by atoms with Crippen molar-refractivity contribution in [2.24, 2.45) is 0 Å². The fraction of sp³-hybridized carbons (Fsp3) is 0.276. The molecule has 7 heteroatoms. The van der Waals surface area contributed by atoms with Crippen LogP contribution in [0.5, 0.6) is 5.75 Å². The van der Waals surface area contributed by atoms with Gasteiger partial charge in [-0.05, 0) is 66.7 Å². The highest BCUT2D eigenvalue weighted by Gasteiger charge is 2.09. The van der Waals surface area contributed by atoms with Gasteiger partial charge >= 0.3 is 0 Å². The van der Waals surface area contributed by atoms with E-state index in [0.29, 0.717) is 23.5 Å². The first-order valence-electron chi connectivity index (χ1n) is 12.3. The zero-order chi connectivity index (χ0) is 25.6. The number of ether oxygens (including phenoxy) is 1. The lowest BCUT2D eigenvalue weighted by molar-refractivity contribution is -0.115. The Kier molecular flexibility index (Phi) is 10.9. The van der Waals surface area contributed by atoms with E-state index in [1.807, 2.05) is 30.3 Å². The van der Waals surface area contributed by atoms with E-state index < -0.39 is 0 Å². The molecule has 0 spiro atoms. The Morgan fingerprint density at radius 2 is 1.50 bits per heavy atom. The SMILES string of the molecule is CCCCCCCOc1ccc(C(=O)NC(=S)Nc2cccc(NC(=O)Cc3ccccc3)c2)cc1. The van der Waals surface area contributed by atoms with Crippen molar-refractivity contribution in [3.8, 4) is 5.75 Å². The number of carbonyl (C=O) groups excluding carboxylic acids is 2. The third-order valence-electron chi connectivity index (χ3n) is 5.47. The van der Waals surface area contributed by atoms with Crippen molar-refractivity contribution in [1.82, 2.24) is 5.32 Å². The second-order valence-electron chi connectivity index (χ2n) is 8.49. The van der Waals surface area contributed by atoms with Gasteiger partial charge in [0.15, 0.2) is 5.11 Å². The number of anilines is 2. The largest absolute Gasteiger partial charge is 0.494 e. The van der Waals surface area contributed by atoms with Crippen LogP contribution in [0, 0.1) is 0 Å². The molecule has 3 rings (SSSR count). The zero-order valence-corrected chi connectivity index (χ0v) is 21.4. The van der Waals surface area contributed by atoms with Gasteiger partial charge in [0, 0.05) is 16.9 Å². The van der Waals surface area contributed by atoms with E-state index in [1.165, 1.54) is 25.7 Å². The molecule has 6 nitrogen and oxygen atoms in total. The Balaban J connectivity index is 1.44. The van der Waals surface area contributed by atoms with E-state index in [4.69, 9.17) is 17.0 Å². The number of nitrogens with one attached hydrogen (secondary N) is 3. The standard InChI is InChI=1S/C29H33N3O3S/c1-2-3-4-5-9-19-35-26-17-15-23(16-18-26)28(34)32-29(36)31-25-14-10-13-24(21-25)30-27(33)20-22-11-7-6-8-12-22/h6-8,10-18,21H,2-5,9,19-20H2,1H3,(H,30,33)(H2,31,32,34,36). The normalized spacial score (nSPS) is 10.4. The summed E-state index contributed by atoms with van der Waals surface area (Å²) in [6, 6.07) is 23.7. The number of amides is 2. The first kappa shape index (κ1) is 26.9. The molecule has 0 unspecified atom stereocenters. The summed E-state index contributed by atoms with van der Waals surface area (Å²) in [5.74, 6) is 0.318.